The Hall–Kier alpha value is -0.320. The predicted octanol–water partition coefficient (Wildman–Crippen LogP) is 1.40. The van der Waals surface area contributed by atoms with Gasteiger partial charge in [0.1, 0.15) is 0 Å². The van der Waals surface area contributed by atoms with Gasteiger partial charge < -0.3 is 10.6 Å². The van der Waals surface area contributed by atoms with Crippen LogP contribution in [0, 0.1) is 5.92 Å². The van der Waals surface area contributed by atoms with Gasteiger partial charge in [0.15, 0.2) is 0 Å². The van der Waals surface area contributed by atoms with Gasteiger partial charge in [0, 0.05) is 19.1 Å². The van der Waals surface area contributed by atoms with Crippen molar-refractivity contribution in [3.63, 3.8) is 0 Å². The molecule has 3 unspecified atom stereocenters. The number of halogens is 1. The molecule has 2 rings (SSSR count). The first-order chi connectivity index (χ1) is 8.66. The minimum Gasteiger partial charge on any atom is -0.353 e. The second-order valence-corrected chi connectivity index (χ2v) is 5.99. The Labute approximate surface area is 123 Å². The highest BCUT2D eigenvalue weighted by Crippen LogP contribution is 2.17. The SMILES string of the molecule is CC1CCCN(C(C)CNC(=O)C2CCCN2)C1.Cl. The molecule has 0 spiro atoms. The molecule has 2 aliphatic heterocycles. The molecule has 2 aliphatic rings. The van der Waals surface area contributed by atoms with Gasteiger partial charge in [0.25, 0.3) is 0 Å². The number of nitrogens with zero attached hydrogens (tertiary/aromatic N) is 1. The third-order valence-electron chi connectivity index (χ3n) is 4.26. The Kier molecular flexibility index (Phi) is 7.11. The number of nitrogens with one attached hydrogen (secondary N) is 2. The van der Waals surface area contributed by atoms with Gasteiger partial charge in [-0.1, -0.05) is 6.92 Å². The van der Waals surface area contributed by atoms with E-state index in [0.717, 1.165) is 31.8 Å². The lowest BCUT2D eigenvalue weighted by Gasteiger charge is -2.35. The molecule has 0 aromatic rings. The molecule has 0 aromatic heterocycles. The van der Waals surface area contributed by atoms with Gasteiger partial charge in [-0.05, 0) is 51.6 Å². The molecular formula is C14H28ClN3O. The van der Waals surface area contributed by atoms with Crippen LogP contribution in [0.2, 0.25) is 0 Å². The van der Waals surface area contributed by atoms with Crippen molar-refractivity contribution in [3.05, 3.63) is 0 Å². The lowest BCUT2D eigenvalue weighted by Crippen LogP contribution is -2.49. The third-order valence-corrected chi connectivity index (χ3v) is 4.26. The van der Waals surface area contributed by atoms with Crippen molar-refractivity contribution in [2.75, 3.05) is 26.2 Å². The zero-order valence-corrected chi connectivity index (χ0v) is 13.0. The largest absolute Gasteiger partial charge is 0.353 e. The van der Waals surface area contributed by atoms with E-state index in [9.17, 15) is 4.79 Å². The number of carbonyl (C=O) groups is 1. The van der Waals surface area contributed by atoms with Crippen molar-refractivity contribution < 1.29 is 4.79 Å². The summed E-state index contributed by atoms with van der Waals surface area (Å²) in [5.41, 5.74) is 0. The van der Waals surface area contributed by atoms with E-state index < -0.39 is 0 Å². The molecule has 19 heavy (non-hydrogen) atoms. The first-order valence-corrected chi connectivity index (χ1v) is 7.42. The van der Waals surface area contributed by atoms with Gasteiger partial charge in [-0.25, -0.2) is 0 Å². The molecule has 5 heteroatoms. The van der Waals surface area contributed by atoms with Crippen molar-refractivity contribution in [1.82, 2.24) is 15.5 Å². The third kappa shape index (κ3) is 4.93. The van der Waals surface area contributed by atoms with Crippen LogP contribution in [0.4, 0.5) is 0 Å². The summed E-state index contributed by atoms with van der Waals surface area (Å²) in [7, 11) is 0. The first-order valence-electron chi connectivity index (χ1n) is 7.42. The second-order valence-electron chi connectivity index (χ2n) is 5.99. The molecule has 3 atom stereocenters. The molecule has 0 aliphatic carbocycles. The van der Waals surface area contributed by atoms with Crippen molar-refractivity contribution in [3.8, 4) is 0 Å². The Morgan fingerprint density at radius 2 is 2.21 bits per heavy atom. The molecular weight excluding hydrogens is 262 g/mol. The van der Waals surface area contributed by atoms with E-state index in [0.29, 0.717) is 6.04 Å². The summed E-state index contributed by atoms with van der Waals surface area (Å²) in [6.45, 7) is 8.67. The van der Waals surface area contributed by atoms with Gasteiger partial charge in [0.2, 0.25) is 5.91 Å². The van der Waals surface area contributed by atoms with E-state index in [1.807, 2.05) is 0 Å². The van der Waals surface area contributed by atoms with Gasteiger partial charge in [0.05, 0.1) is 6.04 Å². The number of hydrogen-bond donors (Lipinski definition) is 2. The van der Waals surface area contributed by atoms with Crippen LogP contribution in [-0.4, -0.2) is 49.1 Å². The lowest BCUT2D eigenvalue weighted by molar-refractivity contribution is -0.123. The molecule has 2 saturated heterocycles. The molecule has 2 fully saturated rings. The monoisotopic (exact) mass is 289 g/mol. The fraction of sp³-hybridized carbons (Fsp3) is 0.929. The minimum absolute atomic E-state index is 0. The van der Waals surface area contributed by atoms with Crippen LogP contribution in [0.5, 0.6) is 0 Å². The maximum absolute atomic E-state index is 11.9. The van der Waals surface area contributed by atoms with Crippen molar-refractivity contribution in [2.24, 2.45) is 5.92 Å². The van der Waals surface area contributed by atoms with Gasteiger partial charge >= 0.3 is 0 Å². The molecule has 0 saturated carbocycles. The first kappa shape index (κ1) is 16.7. The standard InChI is InChI=1S/C14H27N3O.ClH/c1-11-5-4-8-17(10-11)12(2)9-16-14(18)13-6-3-7-15-13;/h11-13,15H,3-10H2,1-2H3,(H,16,18);1H. The highest BCUT2D eigenvalue weighted by Gasteiger charge is 2.24. The van der Waals surface area contributed by atoms with Gasteiger partial charge in [-0.15, -0.1) is 12.4 Å². The van der Waals surface area contributed by atoms with Crippen LogP contribution >= 0.6 is 12.4 Å². The van der Waals surface area contributed by atoms with Crippen molar-refractivity contribution >= 4 is 18.3 Å². The fourth-order valence-electron chi connectivity index (χ4n) is 3.04. The average Bonchev–Trinajstić information content (AvgIpc) is 2.89. The maximum Gasteiger partial charge on any atom is 0.237 e. The second kappa shape index (κ2) is 8.08. The summed E-state index contributed by atoms with van der Waals surface area (Å²) in [5, 5.41) is 6.33. The van der Waals surface area contributed by atoms with E-state index in [1.54, 1.807) is 0 Å². The van der Waals surface area contributed by atoms with E-state index in [4.69, 9.17) is 0 Å². The van der Waals surface area contributed by atoms with Crippen LogP contribution in [0.25, 0.3) is 0 Å². The molecule has 112 valence electrons. The van der Waals surface area contributed by atoms with E-state index in [2.05, 4.69) is 29.4 Å². The Bertz CT molecular complexity index is 282. The highest BCUT2D eigenvalue weighted by molar-refractivity contribution is 5.85. The summed E-state index contributed by atoms with van der Waals surface area (Å²) in [4.78, 5) is 14.4. The highest BCUT2D eigenvalue weighted by atomic mass is 35.5. The maximum atomic E-state index is 11.9. The number of hydrogen-bond acceptors (Lipinski definition) is 3. The zero-order valence-electron chi connectivity index (χ0n) is 12.2. The Balaban J connectivity index is 0.00000180. The topological polar surface area (TPSA) is 44.4 Å². The van der Waals surface area contributed by atoms with Crippen molar-refractivity contribution in [2.45, 2.75) is 51.6 Å². The summed E-state index contributed by atoms with van der Waals surface area (Å²) in [6, 6.07) is 0.510. The number of piperidine rings is 1. The smallest absolute Gasteiger partial charge is 0.237 e. The zero-order chi connectivity index (χ0) is 13.0. The molecule has 0 bridgehead atoms. The molecule has 0 aromatic carbocycles. The summed E-state index contributed by atoms with van der Waals surface area (Å²) >= 11 is 0. The normalized spacial score (nSPS) is 29.6. The van der Waals surface area contributed by atoms with Crippen LogP contribution in [-0.2, 0) is 4.79 Å². The number of likely N-dealkylation sites (tertiary alicyclic amines) is 1. The lowest BCUT2D eigenvalue weighted by atomic mass is 9.99. The number of amides is 1. The van der Waals surface area contributed by atoms with E-state index >= 15 is 0 Å². The predicted molar refractivity (Wildman–Crippen MR) is 80.7 cm³/mol. The molecule has 1 amide bonds. The Morgan fingerprint density at radius 3 is 2.84 bits per heavy atom. The van der Waals surface area contributed by atoms with Gasteiger partial charge in [-0.3, -0.25) is 9.69 Å². The molecule has 2 heterocycles. The summed E-state index contributed by atoms with van der Waals surface area (Å²) in [5.74, 6) is 0.984. The van der Waals surface area contributed by atoms with Crippen LogP contribution in [0.3, 0.4) is 0 Å². The van der Waals surface area contributed by atoms with Crippen LogP contribution < -0.4 is 10.6 Å². The van der Waals surface area contributed by atoms with Crippen LogP contribution in [0.15, 0.2) is 0 Å². The number of rotatable bonds is 4. The minimum atomic E-state index is 0. The average molecular weight is 290 g/mol. The Morgan fingerprint density at radius 1 is 1.42 bits per heavy atom. The molecule has 2 N–H and O–H groups in total. The van der Waals surface area contributed by atoms with Crippen molar-refractivity contribution in [1.29, 1.82) is 0 Å². The molecule has 4 nitrogen and oxygen atoms in total. The van der Waals surface area contributed by atoms with E-state index in [-0.39, 0.29) is 24.4 Å². The quantitative estimate of drug-likeness (QED) is 0.822. The summed E-state index contributed by atoms with van der Waals surface area (Å²) < 4.78 is 0. The summed E-state index contributed by atoms with van der Waals surface area (Å²) in [6.07, 6.45) is 4.75. The van der Waals surface area contributed by atoms with Gasteiger partial charge in [-0.2, -0.15) is 0 Å². The number of carbonyl (C=O) groups excluding carboxylic acids is 1. The molecule has 0 radical (unpaired) electrons. The van der Waals surface area contributed by atoms with Crippen LogP contribution in [0.1, 0.15) is 39.5 Å². The fourth-order valence-corrected chi connectivity index (χ4v) is 3.04. The van der Waals surface area contributed by atoms with E-state index in [1.165, 1.54) is 25.9 Å².